The van der Waals surface area contributed by atoms with Gasteiger partial charge in [-0.05, 0) is 40.3 Å². The third-order valence-electron chi connectivity index (χ3n) is 2.82. The molecule has 140 valence electrons. The average Bonchev–Trinajstić information content (AvgIpc) is 2.48. The molecule has 3 N–H and O–H groups in total. The third kappa shape index (κ3) is 10.0. The Labute approximate surface area is 147 Å². The van der Waals surface area contributed by atoms with Crippen LogP contribution in [0.15, 0.2) is 24.3 Å². The second-order valence-corrected chi connectivity index (χ2v) is 5.78. The van der Waals surface area contributed by atoms with E-state index in [0.717, 1.165) is 16.9 Å². The maximum Gasteiger partial charge on any atom is 0.328 e. The summed E-state index contributed by atoms with van der Waals surface area (Å²) in [5.74, 6) is -1.36. The molecule has 0 atom stereocenters. The van der Waals surface area contributed by atoms with Crippen LogP contribution in [0.2, 0.25) is 0 Å². The maximum atomic E-state index is 10.2. The van der Waals surface area contributed by atoms with E-state index in [9.17, 15) is 14.7 Å². The van der Waals surface area contributed by atoms with Gasteiger partial charge in [0.1, 0.15) is 11.5 Å². The van der Waals surface area contributed by atoms with E-state index in [1.165, 1.54) is 0 Å². The number of aromatic hydroxyl groups is 1. The quantitative estimate of drug-likeness (QED) is 0.627. The highest BCUT2D eigenvalue weighted by atomic mass is 16.5. The fourth-order valence-electron chi connectivity index (χ4n) is 1.91. The van der Waals surface area contributed by atoms with Crippen LogP contribution >= 0.6 is 0 Å². The van der Waals surface area contributed by atoms with E-state index in [0.29, 0.717) is 31.0 Å². The predicted molar refractivity (Wildman–Crippen MR) is 93.9 cm³/mol. The molecule has 0 aromatic heterocycles. The zero-order valence-corrected chi connectivity index (χ0v) is 15.2. The minimum Gasteiger partial charge on any atom is -0.507 e. The minimum atomic E-state index is -1.26. The molecule has 8 nitrogen and oxygen atoms in total. The van der Waals surface area contributed by atoms with Crippen molar-refractivity contribution in [2.75, 3.05) is 35.3 Å². The summed E-state index contributed by atoms with van der Waals surface area (Å²) in [5.41, 5.74) is 1.79. The first-order valence-electron chi connectivity index (χ1n) is 7.39. The summed E-state index contributed by atoms with van der Waals surface area (Å²) in [5, 5.41) is 25.8. The lowest BCUT2D eigenvalue weighted by molar-refractivity contribution is -0.134. The van der Waals surface area contributed by atoms with Crippen LogP contribution in [-0.4, -0.2) is 72.4 Å². The van der Waals surface area contributed by atoms with Crippen LogP contribution in [0.4, 0.5) is 0 Å². The molecule has 0 heterocycles. The molecule has 1 rings (SSSR count). The summed E-state index contributed by atoms with van der Waals surface area (Å²) in [7, 11) is 9.55. The van der Waals surface area contributed by atoms with Gasteiger partial charge in [-0.1, -0.05) is 0 Å². The Morgan fingerprint density at radius 2 is 1.32 bits per heavy atom. The van der Waals surface area contributed by atoms with Crippen LogP contribution in [0.3, 0.4) is 0 Å². The monoisotopic (exact) mass is 354 g/mol. The molecule has 0 unspecified atom stereocenters. The zero-order chi connectivity index (χ0) is 19.6. The van der Waals surface area contributed by atoms with Gasteiger partial charge in [0.15, 0.2) is 0 Å². The van der Waals surface area contributed by atoms with Crippen LogP contribution < -0.4 is 4.74 Å². The van der Waals surface area contributed by atoms with Gasteiger partial charge in [-0.3, -0.25) is 0 Å². The van der Waals surface area contributed by atoms with Crippen molar-refractivity contribution < 1.29 is 29.6 Å². The number of phenols is 1. The van der Waals surface area contributed by atoms with Crippen molar-refractivity contribution in [1.29, 1.82) is 0 Å². The molecule has 25 heavy (non-hydrogen) atoms. The van der Waals surface area contributed by atoms with Crippen molar-refractivity contribution in [2.45, 2.75) is 13.1 Å². The molecule has 0 saturated heterocycles. The third-order valence-corrected chi connectivity index (χ3v) is 2.82. The number of hydrogen-bond donors (Lipinski definition) is 3. The summed E-state index contributed by atoms with van der Waals surface area (Å²) in [6, 6.07) is 3.77. The highest BCUT2D eigenvalue weighted by Gasteiger charge is 2.11. The Morgan fingerprint density at radius 3 is 1.56 bits per heavy atom. The SMILES string of the molecule is COc1cc(CN(C)C)c(O)c(CN(C)C)c1.O=C(O)C=CC(=O)O. The number of rotatable bonds is 7. The number of hydrogen-bond acceptors (Lipinski definition) is 6. The number of aliphatic carboxylic acids is 2. The van der Waals surface area contributed by atoms with Crippen LogP contribution in [-0.2, 0) is 22.7 Å². The fourth-order valence-corrected chi connectivity index (χ4v) is 1.91. The average molecular weight is 354 g/mol. The van der Waals surface area contributed by atoms with Gasteiger partial charge < -0.3 is 29.9 Å². The van der Waals surface area contributed by atoms with E-state index >= 15 is 0 Å². The van der Waals surface area contributed by atoms with Crippen molar-refractivity contribution >= 4 is 11.9 Å². The van der Waals surface area contributed by atoms with Gasteiger partial charge in [0.05, 0.1) is 7.11 Å². The van der Waals surface area contributed by atoms with Gasteiger partial charge in [-0.15, -0.1) is 0 Å². The summed E-state index contributed by atoms with van der Waals surface area (Å²) < 4.78 is 5.27. The maximum absolute atomic E-state index is 10.2. The summed E-state index contributed by atoms with van der Waals surface area (Å²) >= 11 is 0. The van der Waals surface area contributed by atoms with Crippen molar-refractivity contribution in [1.82, 2.24) is 9.80 Å². The lowest BCUT2D eigenvalue weighted by Crippen LogP contribution is -2.14. The summed E-state index contributed by atoms with van der Waals surface area (Å²) in [6.45, 7) is 1.40. The first-order chi connectivity index (χ1) is 11.6. The Kier molecular flexibility index (Phi) is 9.92. The van der Waals surface area contributed by atoms with Crippen LogP contribution in [0.25, 0.3) is 0 Å². The highest BCUT2D eigenvalue weighted by Crippen LogP contribution is 2.29. The van der Waals surface area contributed by atoms with E-state index in [2.05, 4.69) is 0 Å². The van der Waals surface area contributed by atoms with E-state index in [4.69, 9.17) is 14.9 Å². The van der Waals surface area contributed by atoms with Crippen molar-refractivity contribution in [3.63, 3.8) is 0 Å². The zero-order valence-electron chi connectivity index (χ0n) is 15.2. The predicted octanol–water partition coefficient (Wildman–Crippen LogP) is 1.24. The molecule has 0 bridgehead atoms. The van der Waals surface area contributed by atoms with Crippen LogP contribution in [0, 0.1) is 0 Å². The molecule has 0 saturated carbocycles. The van der Waals surface area contributed by atoms with Crippen molar-refractivity contribution in [2.24, 2.45) is 0 Å². The minimum absolute atomic E-state index is 0.369. The Balaban J connectivity index is 0.000000609. The van der Waals surface area contributed by atoms with E-state index < -0.39 is 11.9 Å². The van der Waals surface area contributed by atoms with E-state index in [1.54, 1.807) is 7.11 Å². The number of carbonyl (C=O) groups is 2. The van der Waals surface area contributed by atoms with Gasteiger partial charge in [-0.25, -0.2) is 9.59 Å². The first-order valence-corrected chi connectivity index (χ1v) is 7.39. The number of phenolic OH excluding ortho intramolecular Hbond substituents is 1. The Morgan fingerprint density at radius 1 is 0.960 bits per heavy atom. The van der Waals surface area contributed by atoms with Gasteiger partial charge in [0.2, 0.25) is 0 Å². The second-order valence-electron chi connectivity index (χ2n) is 5.78. The number of carboxylic acid groups (broad SMARTS) is 2. The molecule has 0 spiro atoms. The summed E-state index contributed by atoms with van der Waals surface area (Å²) in [6.07, 6.45) is 1.12. The molecule has 1 aromatic carbocycles. The highest BCUT2D eigenvalue weighted by molar-refractivity contribution is 5.89. The molecular formula is C17H26N2O6. The van der Waals surface area contributed by atoms with Gasteiger partial charge >= 0.3 is 11.9 Å². The number of methoxy groups -OCH3 is 1. The molecule has 8 heteroatoms. The van der Waals surface area contributed by atoms with E-state index in [1.807, 2.05) is 50.1 Å². The molecule has 0 aliphatic carbocycles. The fraction of sp³-hybridized carbons (Fsp3) is 0.412. The molecule has 0 aliphatic heterocycles. The largest absolute Gasteiger partial charge is 0.507 e. The van der Waals surface area contributed by atoms with Crippen LogP contribution in [0.5, 0.6) is 11.5 Å². The molecule has 0 fully saturated rings. The molecule has 1 aromatic rings. The van der Waals surface area contributed by atoms with Crippen LogP contribution in [0.1, 0.15) is 11.1 Å². The van der Waals surface area contributed by atoms with Gasteiger partial charge in [-0.2, -0.15) is 0 Å². The molecule has 0 amide bonds. The molecule has 0 radical (unpaired) electrons. The topological polar surface area (TPSA) is 111 Å². The van der Waals surface area contributed by atoms with Gasteiger partial charge in [0, 0.05) is 36.4 Å². The Hall–Kier alpha value is -2.58. The molecule has 0 aliphatic rings. The Bertz CT molecular complexity index is 564. The number of benzene rings is 1. The van der Waals surface area contributed by atoms with E-state index in [-0.39, 0.29) is 0 Å². The summed E-state index contributed by atoms with van der Waals surface area (Å²) in [4.78, 5) is 23.2. The van der Waals surface area contributed by atoms with Gasteiger partial charge in [0.25, 0.3) is 0 Å². The van der Waals surface area contributed by atoms with Crippen molar-refractivity contribution in [3.8, 4) is 11.5 Å². The molecular weight excluding hydrogens is 328 g/mol. The second kappa shape index (κ2) is 11.1. The lowest BCUT2D eigenvalue weighted by atomic mass is 10.1. The number of nitrogens with zero attached hydrogens (tertiary/aromatic N) is 2. The standard InChI is InChI=1S/C13H22N2O2.C4H4O4/c1-14(2)8-10-6-12(17-5)7-11(13(10)16)9-15(3)4;5-3(6)1-2-4(7)8/h6-7,16H,8-9H2,1-5H3;1-2H,(H,5,6)(H,7,8). The first kappa shape index (κ1) is 22.4. The van der Waals surface area contributed by atoms with Crippen molar-refractivity contribution in [3.05, 3.63) is 35.4 Å². The lowest BCUT2D eigenvalue weighted by Gasteiger charge is -2.17. The normalized spacial score (nSPS) is 10.7. The number of carboxylic acids is 2. The smallest absolute Gasteiger partial charge is 0.328 e. The number of ether oxygens (including phenoxy) is 1.